The molecule has 0 aliphatic heterocycles. The van der Waals surface area contributed by atoms with Gasteiger partial charge in [0.05, 0.1) is 16.7 Å². The maximum Gasteiger partial charge on any atom is 0.338 e. The third kappa shape index (κ3) is 9.14. The summed E-state index contributed by atoms with van der Waals surface area (Å²) in [4.78, 5) is 39.2. The molecule has 3 saturated carbocycles. The quantitative estimate of drug-likeness (QED) is 0.136. The van der Waals surface area contributed by atoms with Crippen LogP contribution in [0.3, 0.4) is 0 Å². The van der Waals surface area contributed by atoms with Crippen molar-refractivity contribution in [2.75, 3.05) is 0 Å². The van der Waals surface area contributed by atoms with Crippen molar-refractivity contribution in [3.05, 3.63) is 143 Å². The van der Waals surface area contributed by atoms with Crippen molar-refractivity contribution in [2.24, 2.45) is 29.1 Å². The average Bonchev–Trinajstić information content (AvgIpc) is 3.55. The minimum Gasteiger partial charge on any atom is -0.459 e. The van der Waals surface area contributed by atoms with Gasteiger partial charge in [-0.15, -0.1) is 0 Å². The highest BCUT2D eigenvalue weighted by molar-refractivity contribution is 5.90. The highest BCUT2D eigenvalue weighted by atomic mass is 16.6. The Balaban J connectivity index is 1.15. The van der Waals surface area contributed by atoms with E-state index < -0.39 is 18.2 Å². The van der Waals surface area contributed by atoms with E-state index in [4.69, 9.17) is 14.2 Å². The number of allylic oxidation sites excluding steroid dienone is 3. The highest BCUT2D eigenvalue weighted by Gasteiger charge is 2.50. The van der Waals surface area contributed by atoms with Crippen LogP contribution in [0.2, 0.25) is 0 Å². The second-order valence-corrected chi connectivity index (χ2v) is 16.3. The molecule has 6 heteroatoms. The summed E-state index contributed by atoms with van der Waals surface area (Å²) in [6.45, 7) is 13.6. The van der Waals surface area contributed by atoms with Gasteiger partial charge in [0.15, 0.2) is 0 Å². The largest absolute Gasteiger partial charge is 0.459 e. The first-order valence-corrected chi connectivity index (χ1v) is 19.9. The summed E-state index contributed by atoms with van der Waals surface area (Å²) >= 11 is 0. The molecule has 3 aromatic carbocycles. The number of hydrogen-bond donors (Lipinski definition) is 0. The van der Waals surface area contributed by atoms with Crippen molar-refractivity contribution in [3.63, 3.8) is 0 Å². The van der Waals surface area contributed by atoms with Crippen molar-refractivity contribution < 1.29 is 28.6 Å². The lowest BCUT2D eigenvalue weighted by molar-refractivity contribution is 0.00206. The lowest BCUT2D eigenvalue weighted by Gasteiger charge is -2.44. The molecule has 2 unspecified atom stereocenters. The summed E-state index contributed by atoms with van der Waals surface area (Å²) in [5.41, 5.74) is 4.94. The van der Waals surface area contributed by atoms with Gasteiger partial charge in [-0.3, -0.25) is 0 Å². The minimum absolute atomic E-state index is 0.117. The molecule has 0 aromatic heterocycles. The predicted octanol–water partition coefficient (Wildman–Crippen LogP) is 11.2. The molecular formula is C48H56O6. The molecule has 6 rings (SSSR count). The first-order chi connectivity index (χ1) is 26.0. The molecule has 3 aliphatic rings. The summed E-state index contributed by atoms with van der Waals surface area (Å²) in [5, 5.41) is 0. The van der Waals surface area contributed by atoms with Crippen molar-refractivity contribution >= 4 is 17.9 Å². The van der Waals surface area contributed by atoms with Crippen LogP contribution in [0.1, 0.15) is 117 Å². The topological polar surface area (TPSA) is 78.9 Å². The Morgan fingerprint density at radius 3 is 1.94 bits per heavy atom. The van der Waals surface area contributed by atoms with E-state index in [1.807, 2.05) is 66.7 Å². The number of rotatable bonds is 12. The lowest BCUT2D eigenvalue weighted by atomic mass is 9.60. The molecule has 7 atom stereocenters. The Kier molecular flexibility index (Phi) is 12.7. The standard InChI is InChI=1S/C48H56O6/c1-32(2)43(53-46(50)37-18-11-7-12-19-37)28-23-33(3)41-26-27-42-35(22-15-29-48(41,42)5)24-25-39-30-40(52-45(49)36-16-9-6-10-17-36)31-44(34(39)4)54-47(51)38-20-13-8-14-21-38/h6-14,16-21,24-25,32-33,40-44H,4,15,22-23,26-31H2,1-3,5H3/b35-24?,39-25-/t33-,40+,41-,42?,43?,44-,48-/m1/s1. The second kappa shape index (κ2) is 17.6. The van der Waals surface area contributed by atoms with Crippen LogP contribution in [-0.4, -0.2) is 36.2 Å². The third-order valence-corrected chi connectivity index (χ3v) is 12.4. The first kappa shape index (κ1) is 39.0. The first-order valence-electron chi connectivity index (χ1n) is 19.9. The van der Waals surface area contributed by atoms with Gasteiger partial charge >= 0.3 is 17.9 Å². The number of ether oxygens (including phenoxy) is 3. The number of carbonyl (C=O) groups excluding carboxylic acids is 3. The van der Waals surface area contributed by atoms with E-state index in [-0.39, 0.29) is 29.4 Å². The van der Waals surface area contributed by atoms with Crippen LogP contribution in [0.5, 0.6) is 0 Å². The Bertz CT molecular complexity index is 1830. The number of fused-ring (bicyclic) bond motifs is 1. The molecule has 0 N–H and O–H groups in total. The second-order valence-electron chi connectivity index (χ2n) is 16.3. The van der Waals surface area contributed by atoms with E-state index in [1.165, 1.54) is 18.4 Å². The molecule has 54 heavy (non-hydrogen) atoms. The Morgan fingerprint density at radius 2 is 1.35 bits per heavy atom. The van der Waals surface area contributed by atoms with Gasteiger partial charge in [0.2, 0.25) is 0 Å². The van der Waals surface area contributed by atoms with Crippen LogP contribution in [0.4, 0.5) is 0 Å². The van der Waals surface area contributed by atoms with Crippen LogP contribution in [0, 0.1) is 29.1 Å². The summed E-state index contributed by atoms with van der Waals surface area (Å²) in [6, 6.07) is 27.2. The summed E-state index contributed by atoms with van der Waals surface area (Å²) in [7, 11) is 0. The van der Waals surface area contributed by atoms with Gasteiger partial charge in [-0.1, -0.05) is 107 Å². The molecule has 0 amide bonds. The van der Waals surface area contributed by atoms with Crippen LogP contribution in [-0.2, 0) is 14.2 Å². The Hall–Kier alpha value is -4.71. The van der Waals surface area contributed by atoms with Gasteiger partial charge in [-0.05, 0) is 122 Å². The number of benzene rings is 3. The number of esters is 3. The zero-order chi connectivity index (χ0) is 38.2. The molecule has 3 aliphatic carbocycles. The minimum atomic E-state index is -0.611. The zero-order valence-electron chi connectivity index (χ0n) is 32.4. The summed E-state index contributed by atoms with van der Waals surface area (Å²) in [5.74, 6) is 0.777. The van der Waals surface area contributed by atoms with Crippen molar-refractivity contribution in [1.29, 1.82) is 0 Å². The van der Waals surface area contributed by atoms with E-state index in [1.54, 1.807) is 24.3 Å². The van der Waals surface area contributed by atoms with Crippen molar-refractivity contribution in [2.45, 2.75) is 104 Å². The zero-order valence-corrected chi connectivity index (χ0v) is 32.4. The lowest BCUT2D eigenvalue weighted by Crippen LogP contribution is -2.36. The monoisotopic (exact) mass is 728 g/mol. The van der Waals surface area contributed by atoms with E-state index in [0.29, 0.717) is 47.3 Å². The maximum absolute atomic E-state index is 13.2. The normalized spacial score (nSPS) is 26.6. The average molecular weight is 729 g/mol. The van der Waals surface area contributed by atoms with Gasteiger partial charge in [0.25, 0.3) is 0 Å². The van der Waals surface area contributed by atoms with Gasteiger partial charge in [0.1, 0.15) is 18.3 Å². The molecule has 3 aromatic rings. The number of carbonyl (C=O) groups is 3. The molecule has 0 spiro atoms. The van der Waals surface area contributed by atoms with Gasteiger partial charge in [-0.25, -0.2) is 14.4 Å². The van der Waals surface area contributed by atoms with Crippen LogP contribution < -0.4 is 0 Å². The van der Waals surface area contributed by atoms with E-state index in [2.05, 4.69) is 46.4 Å². The van der Waals surface area contributed by atoms with Crippen molar-refractivity contribution in [1.82, 2.24) is 0 Å². The van der Waals surface area contributed by atoms with Crippen LogP contribution in [0.25, 0.3) is 0 Å². The van der Waals surface area contributed by atoms with E-state index >= 15 is 0 Å². The SMILES string of the molecule is C=C1/C(=C\C=C2CCC[C@@]3(C)C2CC[C@@H]3[C@H](C)CCC(OC(=O)c2ccccc2)C(C)C)C[C@H](OC(=O)c2ccccc2)C[C@H]1OC(=O)c1ccccc1. The van der Waals surface area contributed by atoms with E-state index in [9.17, 15) is 14.4 Å². The van der Waals surface area contributed by atoms with Gasteiger partial charge in [-0.2, -0.15) is 0 Å². The molecule has 0 saturated heterocycles. The Morgan fingerprint density at radius 1 is 0.778 bits per heavy atom. The Labute approximate surface area is 321 Å². The molecule has 0 bridgehead atoms. The predicted molar refractivity (Wildman–Crippen MR) is 213 cm³/mol. The third-order valence-electron chi connectivity index (χ3n) is 12.4. The molecule has 0 heterocycles. The fourth-order valence-corrected chi connectivity index (χ4v) is 9.36. The summed E-state index contributed by atoms with van der Waals surface area (Å²) in [6.07, 6.45) is 11.8. The summed E-state index contributed by atoms with van der Waals surface area (Å²) < 4.78 is 18.1. The van der Waals surface area contributed by atoms with Crippen LogP contribution >= 0.6 is 0 Å². The fourth-order valence-electron chi connectivity index (χ4n) is 9.36. The molecule has 284 valence electrons. The van der Waals surface area contributed by atoms with Crippen LogP contribution in [0.15, 0.2) is 126 Å². The fraction of sp³-hybridized carbons (Fsp3) is 0.438. The van der Waals surface area contributed by atoms with Gasteiger partial charge in [0, 0.05) is 12.8 Å². The molecule has 6 nitrogen and oxygen atoms in total. The van der Waals surface area contributed by atoms with Gasteiger partial charge < -0.3 is 14.2 Å². The molecule has 0 radical (unpaired) electrons. The van der Waals surface area contributed by atoms with E-state index in [0.717, 1.165) is 43.3 Å². The van der Waals surface area contributed by atoms with Crippen molar-refractivity contribution in [3.8, 4) is 0 Å². The highest BCUT2D eigenvalue weighted by Crippen LogP contribution is 2.60. The number of hydrogen-bond acceptors (Lipinski definition) is 6. The molecular weight excluding hydrogens is 673 g/mol. The molecule has 3 fully saturated rings. The maximum atomic E-state index is 13.2. The smallest absolute Gasteiger partial charge is 0.338 e.